The molecule has 0 aromatic rings. The van der Waals surface area contributed by atoms with Gasteiger partial charge < -0.3 is 5.32 Å². The molecule has 0 rings (SSSR count). The van der Waals surface area contributed by atoms with Gasteiger partial charge in [0.1, 0.15) is 5.25 Å². The van der Waals surface area contributed by atoms with E-state index in [4.69, 9.17) is 13.7 Å². The SMILES string of the molecule is C=C(C(=O)NC(C(C)C)S(=O)(=O)O)C(CS(=O)(=O)O)S(=O)(=O)O. The summed E-state index contributed by atoms with van der Waals surface area (Å²) >= 11 is 0. The maximum absolute atomic E-state index is 11.8. The minimum atomic E-state index is -5.15. The summed E-state index contributed by atoms with van der Waals surface area (Å²) < 4.78 is 92.7. The van der Waals surface area contributed by atoms with E-state index in [0.717, 1.165) is 0 Å². The highest BCUT2D eigenvalue weighted by Crippen LogP contribution is 2.15. The largest absolute Gasteiger partial charge is 0.334 e. The molecule has 2 atom stereocenters. The first-order valence-corrected chi connectivity index (χ1v) is 10.5. The zero-order valence-electron chi connectivity index (χ0n) is 12.1. The Morgan fingerprint density at radius 2 is 1.43 bits per heavy atom. The first-order chi connectivity index (χ1) is 9.97. The summed E-state index contributed by atoms with van der Waals surface area (Å²) in [6.45, 7) is 5.64. The van der Waals surface area contributed by atoms with Crippen molar-refractivity contribution in [1.82, 2.24) is 5.32 Å². The van der Waals surface area contributed by atoms with Gasteiger partial charge in [-0.2, -0.15) is 25.3 Å². The van der Waals surface area contributed by atoms with Crippen molar-refractivity contribution in [3.05, 3.63) is 12.2 Å². The first-order valence-electron chi connectivity index (χ1n) is 5.84. The van der Waals surface area contributed by atoms with Crippen molar-refractivity contribution in [3.63, 3.8) is 0 Å². The van der Waals surface area contributed by atoms with Crippen molar-refractivity contribution in [2.75, 3.05) is 5.75 Å². The number of nitrogens with one attached hydrogen (secondary N) is 1. The molecule has 14 heteroatoms. The van der Waals surface area contributed by atoms with Crippen LogP contribution in [0.3, 0.4) is 0 Å². The zero-order valence-corrected chi connectivity index (χ0v) is 14.5. The number of carbonyl (C=O) groups is 1. The third-order valence-corrected chi connectivity index (χ3v) is 6.04. The van der Waals surface area contributed by atoms with Crippen LogP contribution in [0.2, 0.25) is 0 Å². The van der Waals surface area contributed by atoms with Gasteiger partial charge in [0.2, 0.25) is 5.91 Å². The summed E-state index contributed by atoms with van der Waals surface area (Å²) in [4.78, 5) is 11.8. The van der Waals surface area contributed by atoms with Gasteiger partial charge in [-0.25, -0.2) is 0 Å². The molecule has 11 nitrogen and oxygen atoms in total. The molecule has 0 saturated heterocycles. The van der Waals surface area contributed by atoms with Crippen LogP contribution in [0.15, 0.2) is 12.2 Å². The Labute approximate surface area is 134 Å². The molecule has 0 spiro atoms. The van der Waals surface area contributed by atoms with Crippen molar-refractivity contribution in [1.29, 1.82) is 0 Å². The van der Waals surface area contributed by atoms with E-state index in [1.807, 2.05) is 0 Å². The van der Waals surface area contributed by atoms with E-state index in [9.17, 15) is 30.0 Å². The van der Waals surface area contributed by atoms with Crippen molar-refractivity contribution in [2.24, 2.45) is 5.92 Å². The van der Waals surface area contributed by atoms with E-state index in [-0.39, 0.29) is 0 Å². The summed E-state index contributed by atoms with van der Waals surface area (Å²) in [5.74, 6) is -3.82. The van der Waals surface area contributed by atoms with Gasteiger partial charge in [0.05, 0.1) is 5.75 Å². The Balaban J connectivity index is 5.58. The quantitative estimate of drug-likeness (QED) is 0.283. The summed E-state index contributed by atoms with van der Waals surface area (Å²) in [6.07, 6.45) is 0. The molecule has 4 N–H and O–H groups in total. The van der Waals surface area contributed by atoms with Gasteiger partial charge in [0.15, 0.2) is 5.37 Å². The van der Waals surface area contributed by atoms with Crippen molar-refractivity contribution in [3.8, 4) is 0 Å². The molecule has 0 heterocycles. The number of rotatable bonds is 8. The standard InChI is InChI=1S/C9H17NO10S3/c1-5(2)9(23(18,19)20)10-8(11)6(3)7(22(15,16)17)4-21(12,13)14/h5,7,9H,3-4H2,1-2H3,(H,10,11)(H,12,13,14)(H,15,16,17)(H,18,19,20). The highest BCUT2D eigenvalue weighted by atomic mass is 32.2. The predicted octanol–water partition coefficient (Wildman–Crippen LogP) is -1.33. The Morgan fingerprint density at radius 3 is 1.70 bits per heavy atom. The van der Waals surface area contributed by atoms with Gasteiger partial charge in [-0.3, -0.25) is 18.5 Å². The summed E-state index contributed by atoms with van der Waals surface area (Å²) in [5.41, 5.74) is -1.03. The lowest BCUT2D eigenvalue weighted by Gasteiger charge is -2.21. The second-order valence-corrected chi connectivity index (χ2v) is 9.56. The molecule has 0 aromatic carbocycles. The molecule has 0 aliphatic carbocycles. The normalized spacial score (nSPS) is 15.9. The number of amides is 1. The highest BCUT2D eigenvalue weighted by Gasteiger charge is 2.36. The second kappa shape index (κ2) is 7.23. The van der Waals surface area contributed by atoms with Gasteiger partial charge in [-0.1, -0.05) is 20.4 Å². The van der Waals surface area contributed by atoms with Crippen LogP contribution in [0.5, 0.6) is 0 Å². The maximum atomic E-state index is 11.8. The number of hydrogen-bond donors (Lipinski definition) is 4. The van der Waals surface area contributed by atoms with Crippen LogP contribution < -0.4 is 5.32 Å². The molecule has 0 saturated carbocycles. The average Bonchev–Trinajstić information content (AvgIpc) is 2.27. The molecule has 0 radical (unpaired) electrons. The molecule has 0 fully saturated rings. The van der Waals surface area contributed by atoms with E-state index < -0.39 is 64.1 Å². The molecule has 0 aliphatic heterocycles. The van der Waals surface area contributed by atoms with Crippen LogP contribution in [0.4, 0.5) is 0 Å². The van der Waals surface area contributed by atoms with Gasteiger partial charge in [0, 0.05) is 5.57 Å². The molecule has 23 heavy (non-hydrogen) atoms. The first kappa shape index (κ1) is 21.9. The van der Waals surface area contributed by atoms with Gasteiger partial charge in [0.25, 0.3) is 30.4 Å². The molecule has 1 amide bonds. The Kier molecular flexibility index (Phi) is 6.89. The van der Waals surface area contributed by atoms with Crippen LogP contribution in [-0.2, 0) is 35.1 Å². The fourth-order valence-corrected chi connectivity index (χ4v) is 4.71. The lowest BCUT2D eigenvalue weighted by molar-refractivity contribution is -0.118. The molecule has 136 valence electrons. The number of hydrogen-bond acceptors (Lipinski definition) is 7. The van der Waals surface area contributed by atoms with Crippen LogP contribution in [-0.4, -0.2) is 61.2 Å². The van der Waals surface area contributed by atoms with Crippen LogP contribution >= 0.6 is 0 Å². The van der Waals surface area contributed by atoms with Gasteiger partial charge in [-0.05, 0) is 5.92 Å². The third-order valence-electron chi connectivity index (χ3n) is 2.60. The number of carbonyl (C=O) groups excluding carboxylic acids is 1. The Morgan fingerprint density at radius 1 is 1.00 bits per heavy atom. The van der Waals surface area contributed by atoms with E-state index in [1.54, 1.807) is 5.32 Å². The van der Waals surface area contributed by atoms with Gasteiger partial charge in [-0.15, -0.1) is 0 Å². The van der Waals surface area contributed by atoms with E-state index in [2.05, 4.69) is 6.58 Å². The third kappa shape index (κ3) is 7.36. The molecule has 0 aliphatic rings. The predicted molar refractivity (Wildman–Crippen MR) is 79.2 cm³/mol. The lowest BCUT2D eigenvalue weighted by Crippen LogP contribution is -2.47. The molecule has 0 aromatic heterocycles. The summed E-state index contributed by atoms with van der Waals surface area (Å²) in [7, 11) is -14.8. The van der Waals surface area contributed by atoms with Gasteiger partial charge >= 0.3 is 0 Å². The lowest BCUT2D eigenvalue weighted by atomic mass is 10.2. The fourth-order valence-electron chi connectivity index (χ4n) is 1.51. The fraction of sp³-hybridized carbons (Fsp3) is 0.667. The molecular weight excluding hydrogens is 378 g/mol. The topological polar surface area (TPSA) is 192 Å². The van der Waals surface area contributed by atoms with Crippen LogP contribution in [0, 0.1) is 5.92 Å². The van der Waals surface area contributed by atoms with Crippen LogP contribution in [0.25, 0.3) is 0 Å². The van der Waals surface area contributed by atoms with Crippen molar-refractivity contribution in [2.45, 2.75) is 24.5 Å². The summed E-state index contributed by atoms with van der Waals surface area (Å²) in [6, 6.07) is 0. The zero-order chi connectivity index (χ0) is 18.8. The second-order valence-electron chi connectivity index (χ2n) is 4.93. The van der Waals surface area contributed by atoms with E-state index in [1.165, 1.54) is 13.8 Å². The summed E-state index contributed by atoms with van der Waals surface area (Å²) in [5, 5.41) is -2.46. The Bertz CT molecular complexity index is 777. The van der Waals surface area contributed by atoms with E-state index in [0.29, 0.717) is 0 Å². The average molecular weight is 395 g/mol. The minimum absolute atomic E-state index is 0.826. The smallest absolute Gasteiger partial charge is 0.286 e. The van der Waals surface area contributed by atoms with E-state index >= 15 is 0 Å². The monoisotopic (exact) mass is 395 g/mol. The van der Waals surface area contributed by atoms with Crippen molar-refractivity contribution < 1.29 is 43.7 Å². The van der Waals surface area contributed by atoms with Crippen LogP contribution in [0.1, 0.15) is 13.8 Å². The van der Waals surface area contributed by atoms with Crippen molar-refractivity contribution >= 4 is 36.3 Å². The molecular formula is C9H17NO10S3. The molecule has 0 bridgehead atoms. The Hall–Kier alpha value is -1.06. The molecule has 2 unspecified atom stereocenters. The maximum Gasteiger partial charge on any atom is 0.286 e. The minimum Gasteiger partial charge on any atom is -0.334 e. The highest BCUT2D eigenvalue weighted by molar-refractivity contribution is 7.90.